The van der Waals surface area contributed by atoms with E-state index in [0.29, 0.717) is 6.61 Å². The van der Waals surface area contributed by atoms with E-state index >= 15 is 0 Å². The van der Waals surface area contributed by atoms with E-state index in [1.807, 2.05) is 0 Å². The van der Waals surface area contributed by atoms with Crippen molar-refractivity contribution >= 4 is 0 Å². The average molecular weight is 180 g/mol. The molecule has 0 spiro atoms. The van der Waals surface area contributed by atoms with Crippen molar-refractivity contribution in [3.63, 3.8) is 0 Å². The third-order valence-electron chi connectivity index (χ3n) is 2.03. The standard InChI is InChI=1S/C10H12O3/c11-8-1-3-9(4-2-8)13-10-5-6-12-7-10/h1-4,10-11H,5-7H2/t10-/m0/s1. The molecule has 13 heavy (non-hydrogen) atoms. The molecule has 0 unspecified atom stereocenters. The molecule has 0 amide bonds. The third kappa shape index (κ3) is 2.12. The zero-order valence-electron chi connectivity index (χ0n) is 7.27. The molecule has 1 aliphatic heterocycles. The van der Waals surface area contributed by atoms with Crippen LogP contribution in [0.1, 0.15) is 6.42 Å². The van der Waals surface area contributed by atoms with Crippen molar-refractivity contribution in [2.24, 2.45) is 0 Å². The summed E-state index contributed by atoms with van der Waals surface area (Å²) in [7, 11) is 0. The first kappa shape index (κ1) is 8.38. The lowest BCUT2D eigenvalue weighted by Gasteiger charge is -2.11. The van der Waals surface area contributed by atoms with E-state index in [9.17, 15) is 0 Å². The van der Waals surface area contributed by atoms with Crippen molar-refractivity contribution in [3.05, 3.63) is 24.3 Å². The number of aromatic hydroxyl groups is 1. The van der Waals surface area contributed by atoms with Crippen LogP contribution in [-0.4, -0.2) is 24.4 Å². The van der Waals surface area contributed by atoms with Crippen molar-refractivity contribution in [2.45, 2.75) is 12.5 Å². The minimum absolute atomic E-state index is 0.171. The molecule has 1 heterocycles. The minimum Gasteiger partial charge on any atom is -0.508 e. The summed E-state index contributed by atoms with van der Waals surface area (Å²) in [6.45, 7) is 1.45. The van der Waals surface area contributed by atoms with Gasteiger partial charge in [0.15, 0.2) is 0 Å². The first-order chi connectivity index (χ1) is 6.34. The topological polar surface area (TPSA) is 38.7 Å². The van der Waals surface area contributed by atoms with Crippen LogP contribution in [0.2, 0.25) is 0 Å². The normalized spacial score (nSPS) is 21.7. The number of ether oxygens (including phenoxy) is 2. The predicted molar refractivity (Wildman–Crippen MR) is 48.0 cm³/mol. The van der Waals surface area contributed by atoms with Gasteiger partial charge in [0, 0.05) is 6.42 Å². The molecule has 3 heteroatoms. The van der Waals surface area contributed by atoms with E-state index < -0.39 is 0 Å². The number of benzene rings is 1. The molecular formula is C10H12O3. The fourth-order valence-corrected chi connectivity index (χ4v) is 1.32. The Morgan fingerprint density at radius 2 is 2.08 bits per heavy atom. The van der Waals surface area contributed by atoms with E-state index in [1.54, 1.807) is 24.3 Å². The molecule has 1 aromatic carbocycles. The fourth-order valence-electron chi connectivity index (χ4n) is 1.32. The molecule has 1 atom stereocenters. The Morgan fingerprint density at radius 3 is 2.69 bits per heavy atom. The second-order valence-electron chi connectivity index (χ2n) is 3.10. The van der Waals surface area contributed by atoms with Crippen LogP contribution in [0.25, 0.3) is 0 Å². The lowest BCUT2D eigenvalue weighted by molar-refractivity contribution is 0.141. The first-order valence-electron chi connectivity index (χ1n) is 4.38. The van der Waals surface area contributed by atoms with Gasteiger partial charge >= 0.3 is 0 Å². The Hall–Kier alpha value is -1.22. The predicted octanol–water partition coefficient (Wildman–Crippen LogP) is 1.56. The van der Waals surface area contributed by atoms with E-state index in [4.69, 9.17) is 14.6 Å². The Labute approximate surface area is 76.9 Å². The highest BCUT2D eigenvalue weighted by atomic mass is 16.5. The van der Waals surface area contributed by atoms with Crippen LogP contribution in [0.3, 0.4) is 0 Å². The molecular weight excluding hydrogens is 168 g/mol. The summed E-state index contributed by atoms with van der Waals surface area (Å²) in [5, 5.41) is 9.04. The minimum atomic E-state index is 0.171. The van der Waals surface area contributed by atoms with E-state index in [-0.39, 0.29) is 11.9 Å². The van der Waals surface area contributed by atoms with Gasteiger partial charge in [0.25, 0.3) is 0 Å². The van der Waals surface area contributed by atoms with E-state index in [2.05, 4.69) is 0 Å². The maximum absolute atomic E-state index is 9.04. The fraction of sp³-hybridized carbons (Fsp3) is 0.400. The lowest BCUT2D eigenvalue weighted by atomic mass is 10.3. The Kier molecular flexibility index (Phi) is 2.36. The van der Waals surface area contributed by atoms with Crippen molar-refractivity contribution in [3.8, 4) is 11.5 Å². The molecule has 1 aliphatic rings. The zero-order chi connectivity index (χ0) is 9.10. The van der Waals surface area contributed by atoms with Crippen LogP contribution in [0.4, 0.5) is 0 Å². The molecule has 0 bridgehead atoms. The molecule has 0 aliphatic carbocycles. The molecule has 0 radical (unpaired) electrons. The number of rotatable bonds is 2. The van der Waals surface area contributed by atoms with Gasteiger partial charge in [-0.2, -0.15) is 0 Å². The van der Waals surface area contributed by atoms with Crippen LogP contribution in [0.5, 0.6) is 11.5 Å². The van der Waals surface area contributed by atoms with E-state index in [1.165, 1.54) is 0 Å². The Morgan fingerprint density at radius 1 is 1.31 bits per heavy atom. The summed E-state index contributed by atoms with van der Waals surface area (Å²) in [6, 6.07) is 6.75. The lowest BCUT2D eigenvalue weighted by Crippen LogP contribution is -2.15. The quantitative estimate of drug-likeness (QED) is 0.750. The average Bonchev–Trinajstić information content (AvgIpc) is 2.62. The highest BCUT2D eigenvalue weighted by molar-refractivity contribution is 5.30. The molecule has 0 saturated carbocycles. The van der Waals surface area contributed by atoms with Gasteiger partial charge in [0.1, 0.15) is 17.6 Å². The van der Waals surface area contributed by atoms with Gasteiger partial charge in [-0.15, -0.1) is 0 Å². The highest BCUT2D eigenvalue weighted by Crippen LogP contribution is 2.19. The summed E-state index contributed by atoms with van der Waals surface area (Å²) < 4.78 is 10.8. The van der Waals surface area contributed by atoms with Gasteiger partial charge in [-0.1, -0.05) is 0 Å². The van der Waals surface area contributed by atoms with Crippen LogP contribution in [0, 0.1) is 0 Å². The van der Waals surface area contributed by atoms with Gasteiger partial charge in [-0.05, 0) is 24.3 Å². The summed E-state index contributed by atoms with van der Waals surface area (Å²) in [6.07, 6.45) is 1.12. The molecule has 1 N–H and O–H groups in total. The molecule has 1 aromatic rings. The summed E-state index contributed by atoms with van der Waals surface area (Å²) in [5.74, 6) is 1.04. The SMILES string of the molecule is Oc1ccc(O[C@H]2CCOC2)cc1. The smallest absolute Gasteiger partial charge is 0.124 e. The van der Waals surface area contributed by atoms with Gasteiger partial charge in [0.2, 0.25) is 0 Å². The summed E-state index contributed by atoms with van der Waals surface area (Å²) in [4.78, 5) is 0. The maximum Gasteiger partial charge on any atom is 0.124 e. The molecule has 1 fully saturated rings. The second-order valence-corrected chi connectivity index (χ2v) is 3.10. The number of phenols is 1. The van der Waals surface area contributed by atoms with Crippen molar-refractivity contribution in [1.82, 2.24) is 0 Å². The van der Waals surface area contributed by atoms with Crippen LogP contribution >= 0.6 is 0 Å². The zero-order valence-corrected chi connectivity index (χ0v) is 7.27. The highest BCUT2D eigenvalue weighted by Gasteiger charge is 2.16. The second kappa shape index (κ2) is 3.66. The molecule has 2 rings (SSSR count). The summed E-state index contributed by atoms with van der Waals surface area (Å²) >= 11 is 0. The van der Waals surface area contributed by atoms with Gasteiger partial charge < -0.3 is 14.6 Å². The van der Waals surface area contributed by atoms with Gasteiger partial charge in [-0.25, -0.2) is 0 Å². The largest absolute Gasteiger partial charge is 0.508 e. The van der Waals surface area contributed by atoms with Crippen molar-refractivity contribution in [1.29, 1.82) is 0 Å². The molecule has 0 aromatic heterocycles. The molecule has 70 valence electrons. The van der Waals surface area contributed by atoms with Gasteiger partial charge in [-0.3, -0.25) is 0 Å². The summed E-state index contributed by atoms with van der Waals surface area (Å²) in [5.41, 5.74) is 0. The van der Waals surface area contributed by atoms with E-state index in [0.717, 1.165) is 18.8 Å². The number of hydrogen-bond donors (Lipinski definition) is 1. The monoisotopic (exact) mass is 180 g/mol. The molecule has 3 nitrogen and oxygen atoms in total. The first-order valence-corrected chi connectivity index (χ1v) is 4.38. The van der Waals surface area contributed by atoms with Crippen LogP contribution in [0.15, 0.2) is 24.3 Å². The number of phenolic OH excluding ortho intramolecular Hbond substituents is 1. The van der Waals surface area contributed by atoms with Crippen molar-refractivity contribution < 1.29 is 14.6 Å². The van der Waals surface area contributed by atoms with Crippen LogP contribution in [-0.2, 0) is 4.74 Å². The Bertz CT molecular complexity index is 262. The van der Waals surface area contributed by atoms with Crippen molar-refractivity contribution in [2.75, 3.05) is 13.2 Å². The van der Waals surface area contributed by atoms with Crippen LogP contribution < -0.4 is 4.74 Å². The number of hydrogen-bond acceptors (Lipinski definition) is 3. The maximum atomic E-state index is 9.04. The van der Waals surface area contributed by atoms with Gasteiger partial charge in [0.05, 0.1) is 13.2 Å². The molecule has 1 saturated heterocycles. The Balaban J connectivity index is 1.97. The third-order valence-corrected chi connectivity index (χ3v) is 2.03.